The monoisotopic (exact) mass is 385 g/mol. The predicted octanol–water partition coefficient (Wildman–Crippen LogP) is 2.26. The van der Waals surface area contributed by atoms with Gasteiger partial charge in [-0.1, -0.05) is 36.5 Å². The Morgan fingerprint density at radius 3 is 2.32 bits per heavy atom. The van der Waals surface area contributed by atoms with E-state index in [1.165, 1.54) is 4.90 Å². The van der Waals surface area contributed by atoms with Gasteiger partial charge in [-0.15, -0.1) is 0 Å². The van der Waals surface area contributed by atoms with E-state index in [0.29, 0.717) is 18.4 Å². The van der Waals surface area contributed by atoms with Gasteiger partial charge in [-0.05, 0) is 38.8 Å². The van der Waals surface area contributed by atoms with E-state index >= 15 is 0 Å². The number of amides is 2. The number of nitrogens with zero attached hydrogens (tertiary/aromatic N) is 2. The maximum atomic E-state index is 12.4. The first-order chi connectivity index (χ1) is 13.3. The SMILES string of the molecule is Cc1cc(C)cc(C(=O)NCC(=O)OCC(=O)N(C)C2(C#N)CCCCC2)c1. The Kier molecular flexibility index (Phi) is 7.16. The molecule has 28 heavy (non-hydrogen) atoms. The molecule has 0 aliphatic heterocycles. The molecule has 0 heterocycles. The highest BCUT2D eigenvalue weighted by Crippen LogP contribution is 2.32. The first-order valence-electron chi connectivity index (χ1n) is 9.47. The zero-order chi connectivity index (χ0) is 20.7. The van der Waals surface area contributed by atoms with Gasteiger partial charge in [0.25, 0.3) is 11.8 Å². The van der Waals surface area contributed by atoms with Gasteiger partial charge in [0.2, 0.25) is 0 Å². The molecule has 150 valence electrons. The Morgan fingerprint density at radius 1 is 1.14 bits per heavy atom. The molecule has 1 aliphatic rings. The van der Waals surface area contributed by atoms with Crippen LogP contribution in [0.2, 0.25) is 0 Å². The lowest BCUT2D eigenvalue weighted by atomic mass is 9.81. The number of nitrogens with one attached hydrogen (secondary N) is 1. The minimum Gasteiger partial charge on any atom is -0.454 e. The second-order valence-corrected chi connectivity index (χ2v) is 7.38. The summed E-state index contributed by atoms with van der Waals surface area (Å²) in [6.45, 7) is 3.01. The second-order valence-electron chi connectivity index (χ2n) is 7.38. The maximum absolute atomic E-state index is 12.4. The average molecular weight is 385 g/mol. The minimum absolute atomic E-state index is 0.327. The third kappa shape index (κ3) is 5.32. The largest absolute Gasteiger partial charge is 0.454 e. The normalized spacial score (nSPS) is 15.2. The summed E-state index contributed by atoms with van der Waals surface area (Å²) in [4.78, 5) is 37.8. The third-order valence-electron chi connectivity index (χ3n) is 5.14. The number of hydrogen-bond donors (Lipinski definition) is 1. The van der Waals surface area contributed by atoms with Gasteiger partial charge in [-0.3, -0.25) is 14.4 Å². The van der Waals surface area contributed by atoms with E-state index in [1.54, 1.807) is 19.2 Å². The van der Waals surface area contributed by atoms with Crippen molar-refractivity contribution in [3.8, 4) is 6.07 Å². The summed E-state index contributed by atoms with van der Waals surface area (Å²) in [7, 11) is 1.58. The smallest absolute Gasteiger partial charge is 0.325 e. The molecule has 0 unspecified atom stereocenters. The van der Waals surface area contributed by atoms with Gasteiger partial charge in [0.1, 0.15) is 12.1 Å². The molecule has 7 heteroatoms. The van der Waals surface area contributed by atoms with E-state index in [1.807, 2.05) is 19.9 Å². The Balaban J connectivity index is 1.82. The van der Waals surface area contributed by atoms with Crippen LogP contribution < -0.4 is 5.32 Å². The number of aryl methyl sites for hydroxylation is 2. The van der Waals surface area contributed by atoms with Crippen molar-refractivity contribution in [3.05, 3.63) is 34.9 Å². The number of carbonyl (C=O) groups excluding carboxylic acids is 3. The number of nitriles is 1. The second kappa shape index (κ2) is 9.36. The van der Waals surface area contributed by atoms with Crippen molar-refractivity contribution in [2.45, 2.75) is 51.5 Å². The predicted molar refractivity (Wildman–Crippen MR) is 103 cm³/mol. The zero-order valence-corrected chi connectivity index (χ0v) is 16.7. The molecule has 0 spiro atoms. The van der Waals surface area contributed by atoms with Crippen LogP contribution in [0.1, 0.15) is 53.6 Å². The summed E-state index contributed by atoms with van der Waals surface area (Å²) in [5.41, 5.74) is 1.55. The van der Waals surface area contributed by atoms with Crippen molar-refractivity contribution in [2.24, 2.45) is 0 Å². The number of hydrogen-bond acceptors (Lipinski definition) is 5. The van der Waals surface area contributed by atoms with Crippen LogP contribution in [0, 0.1) is 25.2 Å². The van der Waals surface area contributed by atoms with Gasteiger partial charge < -0.3 is 15.0 Å². The molecule has 1 aliphatic carbocycles. The van der Waals surface area contributed by atoms with Crippen molar-refractivity contribution in [2.75, 3.05) is 20.2 Å². The van der Waals surface area contributed by atoms with Crippen LogP contribution in [-0.2, 0) is 14.3 Å². The fraction of sp³-hybridized carbons (Fsp3) is 0.524. The van der Waals surface area contributed by atoms with Crippen LogP contribution >= 0.6 is 0 Å². The van der Waals surface area contributed by atoms with Crippen molar-refractivity contribution >= 4 is 17.8 Å². The van der Waals surface area contributed by atoms with E-state index in [-0.39, 0.29) is 12.5 Å². The minimum atomic E-state index is -0.820. The fourth-order valence-corrected chi connectivity index (χ4v) is 3.55. The van der Waals surface area contributed by atoms with E-state index in [4.69, 9.17) is 4.74 Å². The van der Waals surface area contributed by atoms with Crippen LogP contribution in [0.15, 0.2) is 18.2 Å². The quantitative estimate of drug-likeness (QED) is 0.757. The molecule has 1 fully saturated rings. The topological polar surface area (TPSA) is 99.5 Å². The maximum Gasteiger partial charge on any atom is 0.325 e. The van der Waals surface area contributed by atoms with Gasteiger partial charge >= 0.3 is 5.97 Å². The summed E-state index contributed by atoms with van der Waals surface area (Å²) >= 11 is 0. The van der Waals surface area contributed by atoms with Gasteiger partial charge in [-0.2, -0.15) is 5.26 Å². The third-order valence-corrected chi connectivity index (χ3v) is 5.14. The van der Waals surface area contributed by atoms with Crippen LogP contribution in [0.25, 0.3) is 0 Å². The summed E-state index contributed by atoms with van der Waals surface area (Å²) in [6.07, 6.45) is 4.11. The van der Waals surface area contributed by atoms with Crippen LogP contribution in [0.5, 0.6) is 0 Å². The van der Waals surface area contributed by atoms with Gasteiger partial charge in [0, 0.05) is 12.6 Å². The fourth-order valence-electron chi connectivity index (χ4n) is 3.55. The highest BCUT2D eigenvalue weighted by Gasteiger charge is 2.38. The Bertz CT molecular complexity index is 771. The molecule has 1 aromatic rings. The van der Waals surface area contributed by atoms with Crippen LogP contribution in [0.4, 0.5) is 0 Å². The molecule has 1 N–H and O–H groups in total. The summed E-state index contributed by atoms with van der Waals surface area (Å²) in [5.74, 6) is -1.50. The average Bonchev–Trinajstić information content (AvgIpc) is 2.69. The number of rotatable bonds is 6. The summed E-state index contributed by atoms with van der Waals surface area (Å²) in [6, 6.07) is 7.68. The molecule has 0 aromatic heterocycles. The molecule has 2 rings (SSSR count). The molecule has 1 saturated carbocycles. The van der Waals surface area contributed by atoms with Crippen molar-refractivity contribution in [1.82, 2.24) is 10.2 Å². The summed E-state index contributed by atoms with van der Waals surface area (Å²) < 4.78 is 4.98. The van der Waals surface area contributed by atoms with E-state index in [2.05, 4.69) is 11.4 Å². The van der Waals surface area contributed by atoms with Gasteiger partial charge in [0.05, 0.1) is 6.07 Å². The van der Waals surface area contributed by atoms with Crippen molar-refractivity contribution in [1.29, 1.82) is 5.26 Å². The standard InChI is InChI=1S/C21H27N3O4/c1-15-9-16(2)11-17(10-15)20(27)23-12-19(26)28-13-18(25)24(3)21(14-22)7-5-4-6-8-21/h9-11H,4-8,12-13H2,1-3H3,(H,23,27). The molecule has 7 nitrogen and oxygen atoms in total. The molecule has 0 atom stereocenters. The van der Waals surface area contributed by atoms with Gasteiger partial charge in [-0.25, -0.2) is 0 Å². The molecule has 1 aromatic carbocycles. The molecule has 2 amide bonds. The number of esters is 1. The lowest BCUT2D eigenvalue weighted by molar-refractivity contribution is -0.152. The molecule has 0 saturated heterocycles. The highest BCUT2D eigenvalue weighted by atomic mass is 16.5. The Labute approximate surface area is 165 Å². The first kappa shape index (κ1) is 21.4. The molecule has 0 bridgehead atoms. The lowest BCUT2D eigenvalue weighted by Gasteiger charge is -2.38. The summed E-state index contributed by atoms with van der Waals surface area (Å²) in [5, 5.41) is 12.0. The van der Waals surface area contributed by atoms with E-state index in [9.17, 15) is 19.6 Å². The van der Waals surface area contributed by atoms with E-state index < -0.39 is 24.0 Å². The van der Waals surface area contributed by atoms with Crippen LogP contribution in [-0.4, -0.2) is 48.4 Å². The zero-order valence-electron chi connectivity index (χ0n) is 16.7. The number of likely N-dealkylation sites (N-methyl/N-ethyl adjacent to an activating group) is 1. The molecular weight excluding hydrogens is 358 g/mol. The number of benzene rings is 1. The van der Waals surface area contributed by atoms with E-state index in [0.717, 1.165) is 30.4 Å². The van der Waals surface area contributed by atoms with Crippen molar-refractivity contribution < 1.29 is 19.1 Å². The number of carbonyl (C=O) groups is 3. The van der Waals surface area contributed by atoms with Crippen LogP contribution in [0.3, 0.4) is 0 Å². The van der Waals surface area contributed by atoms with Gasteiger partial charge in [0.15, 0.2) is 6.61 Å². The number of ether oxygens (including phenoxy) is 1. The Morgan fingerprint density at radius 2 is 1.75 bits per heavy atom. The molecule has 0 radical (unpaired) electrons. The first-order valence-corrected chi connectivity index (χ1v) is 9.47. The van der Waals surface area contributed by atoms with Crippen molar-refractivity contribution in [3.63, 3.8) is 0 Å². The molecular formula is C21H27N3O4. The highest BCUT2D eigenvalue weighted by molar-refractivity contribution is 5.96. The lowest BCUT2D eigenvalue weighted by Crippen LogP contribution is -2.51. The Hall–Kier alpha value is -2.88.